The van der Waals surface area contributed by atoms with Crippen molar-refractivity contribution in [3.63, 3.8) is 0 Å². The van der Waals surface area contributed by atoms with E-state index in [1.807, 2.05) is 37.2 Å². The average molecular weight is 383 g/mol. The van der Waals surface area contributed by atoms with E-state index in [1.54, 1.807) is 6.33 Å². The molecule has 0 bridgehead atoms. The molecule has 1 unspecified atom stereocenters. The largest absolute Gasteiger partial charge is 0.363 e. The Kier molecular flexibility index (Phi) is 6.46. The molecule has 2 aromatic rings. The van der Waals surface area contributed by atoms with Gasteiger partial charge in [0.15, 0.2) is 0 Å². The maximum atomic E-state index is 11.2. The summed E-state index contributed by atoms with van der Waals surface area (Å²) in [4.78, 5) is 26.7. The summed E-state index contributed by atoms with van der Waals surface area (Å²) in [5.74, 6) is 1.84. The van der Waals surface area contributed by atoms with Crippen molar-refractivity contribution in [2.75, 3.05) is 49.3 Å². The van der Waals surface area contributed by atoms with Crippen molar-refractivity contribution in [1.82, 2.24) is 14.9 Å². The number of aromatic nitrogens is 2. The van der Waals surface area contributed by atoms with Gasteiger partial charge in [-0.15, -0.1) is 0 Å². The van der Waals surface area contributed by atoms with Crippen molar-refractivity contribution >= 4 is 23.2 Å². The number of likely N-dealkylation sites (tertiary alicyclic amines) is 1. The lowest BCUT2D eigenvalue weighted by Crippen LogP contribution is -2.46. The van der Waals surface area contributed by atoms with Crippen LogP contribution in [0.4, 0.5) is 17.3 Å². The molecule has 28 heavy (non-hydrogen) atoms. The number of hydrogen-bond donors (Lipinski definition) is 1. The van der Waals surface area contributed by atoms with E-state index in [1.165, 1.54) is 18.9 Å². The van der Waals surface area contributed by atoms with Gasteiger partial charge in [0.2, 0.25) is 5.91 Å². The van der Waals surface area contributed by atoms with Crippen molar-refractivity contribution in [1.29, 1.82) is 0 Å². The number of likely N-dealkylation sites (N-methyl/N-ethyl adjacent to an activating group) is 1. The summed E-state index contributed by atoms with van der Waals surface area (Å²) in [5.41, 5.74) is 2.10. The van der Waals surface area contributed by atoms with Crippen LogP contribution in [0.2, 0.25) is 0 Å². The summed E-state index contributed by atoms with van der Waals surface area (Å²) in [6.45, 7) is 4.55. The third kappa shape index (κ3) is 5.19. The highest BCUT2D eigenvalue weighted by atomic mass is 16.1. The standard InChI is InChI=1S/C21H30N6O/c1-16(28)24-18-9-7-17(8-10-18)13-27-11-5-6-19(14-27)26(4)21-12-20(25(2)3)22-15-23-21/h7-10,12,15,19H,5-6,11,13-14H2,1-4H3,(H,24,28). The Labute approximate surface area is 167 Å². The Morgan fingerprint density at radius 3 is 2.57 bits per heavy atom. The van der Waals surface area contributed by atoms with Gasteiger partial charge in [-0.25, -0.2) is 9.97 Å². The molecule has 1 amide bonds. The first-order chi connectivity index (χ1) is 13.4. The summed E-state index contributed by atoms with van der Waals surface area (Å²) in [6.07, 6.45) is 3.97. The number of piperidine rings is 1. The molecule has 7 heteroatoms. The monoisotopic (exact) mass is 382 g/mol. The molecule has 1 saturated heterocycles. The van der Waals surface area contributed by atoms with Gasteiger partial charge in [-0.05, 0) is 37.1 Å². The molecule has 3 rings (SSSR count). The normalized spacial score (nSPS) is 17.2. The van der Waals surface area contributed by atoms with E-state index < -0.39 is 0 Å². The molecule has 1 aliphatic rings. The molecule has 0 radical (unpaired) electrons. The van der Waals surface area contributed by atoms with Gasteiger partial charge in [0.1, 0.15) is 18.0 Å². The molecular weight excluding hydrogens is 352 g/mol. The van der Waals surface area contributed by atoms with Gasteiger partial charge in [-0.2, -0.15) is 0 Å². The molecule has 7 nitrogen and oxygen atoms in total. The molecule has 1 aliphatic heterocycles. The first-order valence-electron chi connectivity index (χ1n) is 9.73. The number of carbonyl (C=O) groups excluding carboxylic acids is 1. The highest BCUT2D eigenvalue weighted by molar-refractivity contribution is 5.88. The Morgan fingerprint density at radius 2 is 1.89 bits per heavy atom. The summed E-state index contributed by atoms with van der Waals surface area (Å²) >= 11 is 0. The summed E-state index contributed by atoms with van der Waals surface area (Å²) in [7, 11) is 6.11. The Balaban J connectivity index is 1.62. The van der Waals surface area contributed by atoms with Crippen LogP contribution in [0.5, 0.6) is 0 Å². The highest BCUT2D eigenvalue weighted by Gasteiger charge is 2.24. The van der Waals surface area contributed by atoms with E-state index in [4.69, 9.17) is 0 Å². The molecular formula is C21H30N6O. The second-order valence-corrected chi connectivity index (χ2v) is 7.65. The van der Waals surface area contributed by atoms with Gasteiger partial charge >= 0.3 is 0 Å². The number of rotatable bonds is 6. The number of anilines is 3. The number of carbonyl (C=O) groups is 1. The fourth-order valence-corrected chi connectivity index (χ4v) is 3.61. The lowest BCUT2D eigenvalue weighted by molar-refractivity contribution is -0.114. The lowest BCUT2D eigenvalue weighted by atomic mass is 10.0. The first kappa shape index (κ1) is 20.1. The lowest BCUT2D eigenvalue weighted by Gasteiger charge is -2.38. The zero-order valence-corrected chi connectivity index (χ0v) is 17.2. The van der Waals surface area contributed by atoms with Crippen LogP contribution in [-0.2, 0) is 11.3 Å². The average Bonchev–Trinajstić information content (AvgIpc) is 2.69. The number of amides is 1. The molecule has 1 aromatic carbocycles. The van der Waals surface area contributed by atoms with E-state index in [0.717, 1.165) is 43.4 Å². The number of hydrogen-bond acceptors (Lipinski definition) is 6. The van der Waals surface area contributed by atoms with E-state index in [-0.39, 0.29) is 5.91 Å². The van der Waals surface area contributed by atoms with Crippen molar-refractivity contribution in [3.8, 4) is 0 Å². The maximum Gasteiger partial charge on any atom is 0.221 e. The highest BCUT2D eigenvalue weighted by Crippen LogP contribution is 2.23. The van der Waals surface area contributed by atoms with Crippen molar-refractivity contribution in [3.05, 3.63) is 42.2 Å². The topological polar surface area (TPSA) is 64.6 Å². The second kappa shape index (κ2) is 9.01. The van der Waals surface area contributed by atoms with E-state index in [9.17, 15) is 4.79 Å². The number of benzene rings is 1. The molecule has 0 saturated carbocycles. The minimum Gasteiger partial charge on any atom is -0.363 e. The van der Waals surface area contributed by atoms with Gasteiger partial charge in [-0.3, -0.25) is 9.69 Å². The van der Waals surface area contributed by atoms with Crippen LogP contribution < -0.4 is 15.1 Å². The van der Waals surface area contributed by atoms with Gasteiger partial charge in [0.25, 0.3) is 0 Å². The smallest absolute Gasteiger partial charge is 0.221 e. The molecule has 1 aromatic heterocycles. The van der Waals surface area contributed by atoms with Crippen LogP contribution in [0.15, 0.2) is 36.7 Å². The van der Waals surface area contributed by atoms with Crippen molar-refractivity contribution in [2.24, 2.45) is 0 Å². The molecule has 1 N–H and O–H groups in total. The maximum absolute atomic E-state index is 11.2. The first-order valence-corrected chi connectivity index (χ1v) is 9.73. The molecule has 0 spiro atoms. The molecule has 2 heterocycles. The Bertz CT molecular complexity index is 792. The molecule has 1 atom stereocenters. The third-order valence-corrected chi connectivity index (χ3v) is 5.17. The minimum absolute atomic E-state index is 0.0446. The Morgan fingerprint density at radius 1 is 1.18 bits per heavy atom. The van der Waals surface area contributed by atoms with Crippen molar-refractivity contribution < 1.29 is 4.79 Å². The molecule has 0 aliphatic carbocycles. The van der Waals surface area contributed by atoms with Crippen LogP contribution in [0, 0.1) is 0 Å². The minimum atomic E-state index is -0.0446. The third-order valence-electron chi connectivity index (χ3n) is 5.17. The van der Waals surface area contributed by atoms with Gasteiger partial charge < -0.3 is 15.1 Å². The zero-order valence-electron chi connectivity index (χ0n) is 17.2. The quantitative estimate of drug-likeness (QED) is 0.829. The Hall–Kier alpha value is -2.67. The number of nitrogens with zero attached hydrogens (tertiary/aromatic N) is 5. The predicted molar refractivity (Wildman–Crippen MR) is 114 cm³/mol. The van der Waals surface area contributed by atoms with Crippen LogP contribution >= 0.6 is 0 Å². The number of nitrogens with one attached hydrogen (secondary N) is 1. The predicted octanol–water partition coefficient (Wildman–Crippen LogP) is 2.60. The molecule has 150 valence electrons. The van der Waals surface area contributed by atoms with Crippen LogP contribution in [0.3, 0.4) is 0 Å². The van der Waals surface area contributed by atoms with Crippen LogP contribution in [0.1, 0.15) is 25.3 Å². The van der Waals surface area contributed by atoms with E-state index >= 15 is 0 Å². The summed E-state index contributed by atoms with van der Waals surface area (Å²) < 4.78 is 0. The summed E-state index contributed by atoms with van der Waals surface area (Å²) in [6, 6.07) is 10.6. The van der Waals surface area contributed by atoms with Gasteiger partial charge in [-0.1, -0.05) is 12.1 Å². The van der Waals surface area contributed by atoms with E-state index in [2.05, 4.69) is 44.3 Å². The van der Waals surface area contributed by atoms with Gasteiger partial charge in [0.05, 0.1) is 0 Å². The van der Waals surface area contributed by atoms with E-state index in [0.29, 0.717) is 6.04 Å². The van der Waals surface area contributed by atoms with Crippen LogP contribution in [0.25, 0.3) is 0 Å². The van der Waals surface area contributed by atoms with Crippen molar-refractivity contribution in [2.45, 2.75) is 32.4 Å². The second-order valence-electron chi connectivity index (χ2n) is 7.65. The van der Waals surface area contributed by atoms with Gasteiger partial charge in [0, 0.05) is 59.0 Å². The zero-order chi connectivity index (χ0) is 20.1. The summed E-state index contributed by atoms with van der Waals surface area (Å²) in [5, 5.41) is 2.81. The molecule has 1 fully saturated rings. The fourth-order valence-electron chi connectivity index (χ4n) is 3.61. The SMILES string of the molecule is CC(=O)Nc1ccc(CN2CCCC(N(C)c3cc(N(C)C)ncn3)C2)cc1. The fraction of sp³-hybridized carbons (Fsp3) is 0.476. The van der Waals surface area contributed by atoms with Crippen LogP contribution in [-0.4, -0.2) is 61.0 Å².